The minimum absolute atomic E-state index is 0.243. The highest BCUT2D eigenvalue weighted by molar-refractivity contribution is 6.66. The summed E-state index contributed by atoms with van der Waals surface area (Å²) in [7, 11) is 1.59. The van der Waals surface area contributed by atoms with Crippen LogP contribution in [0.1, 0.15) is 5.69 Å². The Morgan fingerprint density at radius 1 is 1.11 bits per heavy atom. The van der Waals surface area contributed by atoms with Gasteiger partial charge >= 0.3 is 0 Å². The lowest BCUT2D eigenvalue weighted by atomic mass is 10.1. The van der Waals surface area contributed by atoms with E-state index in [1.807, 2.05) is 12.1 Å². The Labute approximate surface area is 119 Å². The molecule has 0 aliphatic rings. The maximum atomic E-state index is 5.85. The fourth-order valence-corrected chi connectivity index (χ4v) is 1.88. The van der Waals surface area contributed by atoms with Crippen LogP contribution in [0.15, 0.2) is 30.5 Å². The first-order valence-electron chi connectivity index (χ1n) is 4.92. The smallest absolute Gasteiger partial charge is 0.235 e. The number of hydrogen-bond acceptors (Lipinski definition) is 4. The number of aromatic nitrogens is 3. The van der Waals surface area contributed by atoms with Crippen LogP contribution >= 0.6 is 34.8 Å². The molecule has 4 nitrogen and oxygen atoms in total. The molecule has 7 heteroatoms. The average Bonchev–Trinajstić information content (AvgIpc) is 2.38. The number of halogens is 3. The van der Waals surface area contributed by atoms with E-state index in [1.54, 1.807) is 19.2 Å². The van der Waals surface area contributed by atoms with Crippen molar-refractivity contribution >= 4 is 34.8 Å². The first kappa shape index (κ1) is 13.3. The van der Waals surface area contributed by atoms with Gasteiger partial charge in [-0.05, 0) is 22.9 Å². The third-order valence-corrected chi connectivity index (χ3v) is 2.84. The molecule has 0 spiro atoms. The van der Waals surface area contributed by atoms with E-state index in [9.17, 15) is 0 Å². The molecule has 0 saturated carbocycles. The van der Waals surface area contributed by atoms with E-state index in [2.05, 4.69) is 15.4 Å². The molecule has 2 rings (SSSR count). The van der Waals surface area contributed by atoms with Crippen LogP contribution < -0.4 is 4.74 Å². The molecule has 94 valence electrons. The van der Waals surface area contributed by atoms with Crippen LogP contribution in [-0.4, -0.2) is 22.5 Å². The lowest BCUT2D eigenvalue weighted by molar-refractivity contribution is 0.415. The Kier molecular flexibility index (Phi) is 3.90. The fourth-order valence-electron chi connectivity index (χ4n) is 1.46. The summed E-state index contributed by atoms with van der Waals surface area (Å²) in [6, 6.07) is 7.27. The molecule has 0 atom stereocenters. The molecule has 1 aromatic carbocycles. The van der Waals surface area contributed by atoms with Gasteiger partial charge in [-0.25, -0.2) is 0 Å². The van der Waals surface area contributed by atoms with Crippen molar-refractivity contribution in [2.24, 2.45) is 0 Å². The Bertz CT molecular complexity index is 540. The SMILES string of the molecule is COc1ccc(-c2cnnnc2C(Cl)(Cl)Cl)cc1. The Morgan fingerprint density at radius 3 is 2.33 bits per heavy atom. The molecule has 0 radical (unpaired) electrons. The maximum absolute atomic E-state index is 5.85. The minimum Gasteiger partial charge on any atom is -0.497 e. The summed E-state index contributed by atoms with van der Waals surface area (Å²) in [5.74, 6) is 0.740. The van der Waals surface area contributed by atoms with Crippen molar-refractivity contribution in [3.8, 4) is 16.9 Å². The zero-order valence-electron chi connectivity index (χ0n) is 9.27. The molecule has 18 heavy (non-hydrogen) atoms. The van der Waals surface area contributed by atoms with Crippen LogP contribution in [0, 0.1) is 0 Å². The standard InChI is InChI=1S/C11H8Cl3N3O/c1-18-8-4-2-7(3-5-8)9-6-15-17-16-10(9)11(12,13)14/h2-6H,1H3. The second kappa shape index (κ2) is 5.26. The van der Waals surface area contributed by atoms with Gasteiger partial charge in [-0.15, -0.1) is 10.2 Å². The molecule has 2 aromatic rings. The fraction of sp³-hybridized carbons (Fsp3) is 0.182. The number of alkyl halides is 3. The average molecular weight is 305 g/mol. The predicted octanol–water partition coefficient (Wildman–Crippen LogP) is 3.37. The second-order valence-electron chi connectivity index (χ2n) is 3.42. The summed E-state index contributed by atoms with van der Waals surface area (Å²) in [6.45, 7) is 0. The highest BCUT2D eigenvalue weighted by atomic mass is 35.6. The molecule has 1 heterocycles. The normalized spacial score (nSPS) is 11.3. The van der Waals surface area contributed by atoms with Gasteiger partial charge in [-0.3, -0.25) is 0 Å². The van der Waals surface area contributed by atoms with Gasteiger partial charge in [0.25, 0.3) is 0 Å². The third-order valence-electron chi connectivity index (χ3n) is 2.31. The van der Waals surface area contributed by atoms with Gasteiger partial charge in [-0.1, -0.05) is 46.9 Å². The molecule has 0 bridgehead atoms. The van der Waals surface area contributed by atoms with Crippen molar-refractivity contribution in [3.63, 3.8) is 0 Å². The van der Waals surface area contributed by atoms with E-state index in [0.29, 0.717) is 5.56 Å². The number of nitrogens with zero attached hydrogens (tertiary/aromatic N) is 3. The van der Waals surface area contributed by atoms with Crippen LogP contribution in [-0.2, 0) is 3.79 Å². The Hall–Kier alpha value is -1.10. The van der Waals surface area contributed by atoms with Crippen LogP contribution in [0.25, 0.3) is 11.1 Å². The molecule has 0 aliphatic heterocycles. The van der Waals surface area contributed by atoms with E-state index >= 15 is 0 Å². The number of rotatable bonds is 2. The molecule has 0 fully saturated rings. The zero-order valence-corrected chi connectivity index (χ0v) is 11.5. The van der Waals surface area contributed by atoms with Gasteiger partial charge in [0.2, 0.25) is 3.79 Å². The Morgan fingerprint density at radius 2 is 1.78 bits per heavy atom. The summed E-state index contributed by atoms with van der Waals surface area (Å²) >= 11 is 17.5. The van der Waals surface area contributed by atoms with Gasteiger partial charge in [-0.2, -0.15) is 0 Å². The van der Waals surface area contributed by atoms with Crippen molar-refractivity contribution in [1.82, 2.24) is 15.4 Å². The maximum Gasteiger partial charge on any atom is 0.235 e. The van der Waals surface area contributed by atoms with Crippen LogP contribution in [0.2, 0.25) is 0 Å². The molecule has 0 N–H and O–H groups in total. The van der Waals surface area contributed by atoms with E-state index in [-0.39, 0.29) is 5.69 Å². The zero-order chi connectivity index (χ0) is 13.2. The quantitative estimate of drug-likeness (QED) is 0.798. The van der Waals surface area contributed by atoms with E-state index < -0.39 is 3.79 Å². The van der Waals surface area contributed by atoms with Gasteiger partial charge in [0, 0.05) is 5.56 Å². The molecule has 0 unspecified atom stereocenters. The summed E-state index contributed by atoms with van der Waals surface area (Å²) in [6.07, 6.45) is 1.51. The van der Waals surface area contributed by atoms with Crippen LogP contribution in [0.3, 0.4) is 0 Å². The van der Waals surface area contributed by atoms with Crippen molar-refractivity contribution in [2.45, 2.75) is 3.79 Å². The topological polar surface area (TPSA) is 47.9 Å². The minimum atomic E-state index is -1.65. The number of benzene rings is 1. The molecular formula is C11H8Cl3N3O. The third kappa shape index (κ3) is 2.83. The first-order chi connectivity index (χ1) is 8.52. The van der Waals surface area contributed by atoms with Crippen molar-refractivity contribution in [1.29, 1.82) is 0 Å². The van der Waals surface area contributed by atoms with E-state index in [0.717, 1.165) is 11.3 Å². The first-order valence-corrected chi connectivity index (χ1v) is 6.06. The van der Waals surface area contributed by atoms with Crippen molar-refractivity contribution < 1.29 is 4.74 Å². The lowest BCUT2D eigenvalue weighted by Gasteiger charge is -2.13. The highest BCUT2D eigenvalue weighted by Gasteiger charge is 2.29. The molecule has 0 amide bonds. The lowest BCUT2D eigenvalue weighted by Crippen LogP contribution is -2.08. The summed E-state index contributed by atoms with van der Waals surface area (Å²) in [5, 5.41) is 11.0. The number of ether oxygens (including phenoxy) is 1. The van der Waals surface area contributed by atoms with Crippen molar-refractivity contribution in [2.75, 3.05) is 7.11 Å². The molecule has 1 aromatic heterocycles. The van der Waals surface area contributed by atoms with Gasteiger partial charge in [0.05, 0.1) is 13.3 Å². The Balaban J connectivity index is 2.50. The van der Waals surface area contributed by atoms with Crippen LogP contribution in [0.4, 0.5) is 0 Å². The van der Waals surface area contributed by atoms with E-state index in [1.165, 1.54) is 6.20 Å². The second-order valence-corrected chi connectivity index (χ2v) is 5.70. The van der Waals surface area contributed by atoms with Crippen molar-refractivity contribution in [3.05, 3.63) is 36.2 Å². The summed E-state index contributed by atoms with van der Waals surface area (Å²) < 4.78 is 3.43. The molecule has 0 saturated heterocycles. The van der Waals surface area contributed by atoms with Gasteiger partial charge in [0.1, 0.15) is 11.4 Å². The molecular weight excluding hydrogens is 296 g/mol. The molecule has 0 aliphatic carbocycles. The highest BCUT2D eigenvalue weighted by Crippen LogP contribution is 2.41. The van der Waals surface area contributed by atoms with E-state index in [4.69, 9.17) is 39.5 Å². The summed E-state index contributed by atoms with van der Waals surface area (Å²) in [5.41, 5.74) is 1.68. The van der Waals surface area contributed by atoms with Gasteiger partial charge in [0.15, 0.2) is 0 Å². The monoisotopic (exact) mass is 303 g/mol. The number of hydrogen-bond donors (Lipinski definition) is 0. The number of methoxy groups -OCH3 is 1. The van der Waals surface area contributed by atoms with Crippen LogP contribution in [0.5, 0.6) is 5.75 Å². The summed E-state index contributed by atoms with van der Waals surface area (Å²) in [4.78, 5) is 0. The predicted molar refractivity (Wildman–Crippen MR) is 71.1 cm³/mol. The van der Waals surface area contributed by atoms with Gasteiger partial charge < -0.3 is 4.74 Å². The largest absolute Gasteiger partial charge is 0.497 e.